The molecule has 1 aromatic carbocycles. The van der Waals surface area contributed by atoms with E-state index in [-0.39, 0.29) is 18.4 Å². The van der Waals surface area contributed by atoms with E-state index < -0.39 is 11.8 Å². The van der Waals surface area contributed by atoms with Crippen molar-refractivity contribution in [2.24, 2.45) is 28.9 Å². The van der Waals surface area contributed by atoms with Gasteiger partial charge in [0.25, 0.3) is 0 Å². The molecule has 0 aromatic heterocycles. The lowest BCUT2D eigenvalue weighted by Gasteiger charge is -2.55. The van der Waals surface area contributed by atoms with Crippen molar-refractivity contribution in [1.29, 1.82) is 0 Å². The van der Waals surface area contributed by atoms with E-state index in [1.165, 1.54) is 19.4 Å². The zero-order valence-electron chi connectivity index (χ0n) is 19.6. The zero-order valence-corrected chi connectivity index (χ0v) is 19.6. The van der Waals surface area contributed by atoms with E-state index >= 15 is 0 Å². The molecule has 4 rings (SSSR count). The van der Waals surface area contributed by atoms with E-state index in [0.29, 0.717) is 5.41 Å². The fourth-order valence-electron chi connectivity index (χ4n) is 6.42. The summed E-state index contributed by atoms with van der Waals surface area (Å²) in [4.78, 5) is 29.4. The van der Waals surface area contributed by atoms with Crippen molar-refractivity contribution < 1.29 is 9.59 Å². The molecule has 0 spiro atoms. The first-order chi connectivity index (χ1) is 14.7. The maximum atomic E-state index is 13.2. The van der Waals surface area contributed by atoms with Crippen molar-refractivity contribution in [2.45, 2.75) is 71.8 Å². The van der Waals surface area contributed by atoms with Crippen LogP contribution in [0.25, 0.3) is 0 Å². The third kappa shape index (κ3) is 4.02. The maximum Gasteiger partial charge on any atom is 0.235 e. The number of hydrogen-bond acceptors (Lipinski definition) is 3. The van der Waals surface area contributed by atoms with Gasteiger partial charge in [-0.2, -0.15) is 0 Å². The second kappa shape index (κ2) is 8.57. The van der Waals surface area contributed by atoms with Crippen LogP contribution in [0, 0.1) is 23.2 Å². The van der Waals surface area contributed by atoms with Gasteiger partial charge in [0.2, 0.25) is 11.8 Å². The average molecular weight is 426 g/mol. The molecule has 170 valence electrons. The van der Waals surface area contributed by atoms with Gasteiger partial charge < -0.3 is 15.5 Å². The Hall–Kier alpha value is -1.88. The van der Waals surface area contributed by atoms with Gasteiger partial charge in [0.1, 0.15) is 0 Å². The average Bonchev–Trinajstić information content (AvgIpc) is 3.02. The van der Waals surface area contributed by atoms with Gasteiger partial charge in [-0.1, -0.05) is 52.3 Å². The predicted octanol–water partition coefficient (Wildman–Crippen LogP) is 4.17. The normalized spacial score (nSPS) is 29.5. The lowest BCUT2D eigenvalue weighted by Crippen LogP contribution is -2.52. The van der Waals surface area contributed by atoms with Gasteiger partial charge in [-0.3, -0.25) is 9.59 Å². The largest absolute Gasteiger partial charge is 0.370 e. The van der Waals surface area contributed by atoms with Crippen LogP contribution in [0.1, 0.15) is 71.3 Å². The predicted molar refractivity (Wildman–Crippen MR) is 125 cm³/mol. The summed E-state index contributed by atoms with van der Waals surface area (Å²) in [5.41, 5.74) is 7.84. The van der Waals surface area contributed by atoms with E-state index in [1.807, 2.05) is 29.2 Å². The second-order valence-electron chi connectivity index (χ2n) is 10.8. The second-order valence-corrected chi connectivity index (χ2v) is 10.8. The minimum atomic E-state index is -0.418. The number of nitrogens with two attached hydrogens (primary N) is 1. The molecule has 2 amide bonds. The molecule has 4 atom stereocenters. The van der Waals surface area contributed by atoms with E-state index in [4.69, 9.17) is 5.73 Å². The smallest absolute Gasteiger partial charge is 0.235 e. The highest BCUT2D eigenvalue weighted by Crippen LogP contribution is 2.55. The number of para-hydroxylation sites is 1. The molecule has 1 saturated heterocycles. The first kappa shape index (κ1) is 22.3. The van der Waals surface area contributed by atoms with Crippen LogP contribution >= 0.6 is 0 Å². The van der Waals surface area contributed by atoms with Gasteiger partial charge in [-0.15, -0.1) is 0 Å². The van der Waals surface area contributed by atoms with Gasteiger partial charge in [0.15, 0.2) is 0 Å². The Morgan fingerprint density at radius 2 is 1.90 bits per heavy atom. The number of carbonyl (C=O) groups excluding carboxylic acids is 2. The Morgan fingerprint density at radius 1 is 1.23 bits per heavy atom. The Kier molecular flexibility index (Phi) is 6.17. The maximum absolute atomic E-state index is 13.2. The number of amides is 2. The minimum Gasteiger partial charge on any atom is -0.370 e. The van der Waals surface area contributed by atoms with Crippen LogP contribution in [0.3, 0.4) is 0 Å². The van der Waals surface area contributed by atoms with Gasteiger partial charge >= 0.3 is 0 Å². The molecule has 2 N–H and O–H groups in total. The van der Waals surface area contributed by atoms with Crippen molar-refractivity contribution >= 4 is 17.5 Å². The summed E-state index contributed by atoms with van der Waals surface area (Å²) in [6.45, 7) is 12.9. The van der Waals surface area contributed by atoms with Gasteiger partial charge in [0.05, 0.1) is 5.92 Å². The van der Waals surface area contributed by atoms with Crippen LogP contribution in [-0.4, -0.2) is 42.4 Å². The van der Waals surface area contributed by atoms with Crippen molar-refractivity contribution in [3.63, 3.8) is 0 Å². The third-order valence-electron chi connectivity index (χ3n) is 8.85. The number of anilines is 1. The Labute approximate surface area is 187 Å². The molecule has 1 aromatic rings. The van der Waals surface area contributed by atoms with E-state index in [1.54, 1.807) is 0 Å². The number of fused-ring (bicyclic) bond motifs is 1. The van der Waals surface area contributed by atoms with Crippen molar-refractivity contribution in [1.82, 2.24) is 4.90 Å². The Bertz CT molecular complexity index is 828. The molecule has 3 aliphatic rings. The molecule has 5 nitrogen and oxygen atoms in total. The summed E-state index contributed by atoms with van der Waals surface area (Å²) < 4.78 is 0. The summed E-state index contributed by atoms with van der Waals surface area (Å²) in [6.07, 6.45) is 4.68. The first-order valence-electron chi connectivity index (χ1n) is 12.2. The molecule has 0 radical (unpaired) electrons. The topological polar surface area (TPSA) is 66.6 Å². The number of likely N-dealkylation sites (tertiary alicyclic amines) is 1. The number of hydrogen-bond donors (Lipinski definition) is 1. The van der Waals surface area contributed by atoms with Gasteiger partial charge in [-0.05, 0) is 54.1 Å². The minimum absolute atomic E-state index is 0.0510. The molecule has 4 unspecified atom stereocenters. The number of piperidine rings is 1. The molecule has 1 saturated carbocycles. The highest BCUT2D eigenvalue weighted by Gasteiger charge is 2.48. The lowest BCUT2D eigenvalue weighted by atomic mass is 9.51. The number of benzene rings is 1. The molecular weight excluding hydrogens is 386 g/mol. The molecule has 31 heavy (non-hydrogen) atoms. The standard InChI is InChI=1S/C26H39N3O2/c1-5-18(22-14-17(2)26(22,3)4)16-28-12-10-19(11-13-28)29-23-9-7-6-8-20(23)21(25(29)31)15-24(27)30/h6-9,17-19,21-22H,5,10-16H2,1-4H3,(H2,27,30). The summed E-state index contributed by atoms with van der Waals surface area (Å²) >= 11 is 0. The van der Waals surface area contributed by atoms with Gasteiger partial charge in [0, 0.05) is 37.8 Å². The number of rotatable bonds is 7. The van der Waals surface area contributed by atoms with Crippen LogP contribution in [0.15, 0.2) is 24.3 Å². The van der Waals surface area contributed by atoms with E-state index in [2.05, 4.69) is 32.6 Å². The Balaban J connectivity index is 1.40. The third-order valence-corrected chi connectivity index (χ3v) is 8.85. The van der Waals surface area contributed by atoms with Crippen LogP contribution in [-0.2, 0) is 9.59 Å². The number of nitrogens with zero attached hydrogens (tertiary/aromatic N) is 2. The monoisotopic (exact) mass is 425 g/mol. The molecule has 2 aliphatic heterocycles. The summed E-state index contributed by atoms with van der Waals surface area (Å²) in [6, 6.07) is 8.13. The fraction of sp³-hybridized carbons (Fsp3) is 0.692. The highest BCUT2D eigenvalue weighted by atomic mass is 16.2. The van der Waals surface area contributed by atoms with Crippen molar-refractivity contribution in [2.75, 3.05) is 24.5 Å². The molecule has 2 heterocycles. The lowest BCUT2D eigenvalue weighted by molar-refractivity contribution is -0.124. The van der Waals surface area contributed by atoms with Crippen LogP contribution in [0.5, 0.6) is 0 Å². The highest BCUT2D eigenvalue weighted by molar-refractivity contribution is 6.07. The van der Waals surface area contributed by atoms with Crippen molar-refractivity contribution in [3.05, 3.63) is 29.8 Å². The fourth-order valence-corrected chi connectivity index (χ4v) is 6.42. The molecule has 0 bridgehead atoms. The number of carbonyl (C=O) groups is 2. The molecular formula is C26H39N3O2. The summed E-state index contributed by atoms with van der Waals surface area (Å²) in [5.74, 6) is 1.63. The van der Waals surface area contributed by atoms with Gasteiger partial charge in [-0.25, -0.2) is 0 Å². The zero-order chi connectivity index (χ0) is 22.3. The summed E-state index contributed by atoms with van der Waals surface area (Å²) in [7, 11) is 0. The Morgan fingerprint density at radius 3 is 2.48 bits per heavy atom. The molecule has 5 heteroatoms. The van der Waals surface area contributed by atoms with E-state index in [0.717, 1.165) is 54.9 Å². The SMILES string of the molecule is CCC(CN1CCC(N2C(=O)C(CC(N)=O)c3ccccc32)CC1)C1CC(C)C1(C)C. The van der Waals surface area contributed by atoms with Crippen LogP contribution < -0.4 is 10.6 Å². The van der Waals surface area contributed by atoms with E-state index in [9.17, 15) is 9.59 Å². The quantitative estimate of drug-likeness (QED) is 0.713. The summed E-state index contributed by atoms with van der Waals surface area (Å²) in [5, 5.41) is 0. The number of primary amides is 1. The molecule has 2 fully saturated rings. The van der Waals surface area contributed by atoms with Crippen LogP contribution in [0.2, 0.25) is 0 Å². The van der Waals surface area contributed by atoms with Crippen LogP contribution in [0.4, 0.5) is 5.69 Å². The first-order valence-corrected chi connectivity index (χ1v) is 12.2. The van der Waals surface area contributed by atoms with Crippen molar-refractivity contribution in [3.8, 4) is 0 Å². The molecule has 1 aliphatic carbocycles.